The first kappa shape index (κ1) is 14.1. The summed E-state index contributed by atoms with van der Waals surface area (Å²) in [5.74, 6) is 0.869. The second kappa shape index (κ2) is 6.22. The molecule has 2 aromatic carbocycles. The molecular formula is C16H18FNS. The summed E-state index contributed by atoms with van der Waals surface area (Å²) in [6.07, 6.45) is 0. The third-order valence-corrected chi connectivity index (χ3v) is 3.99. The van der Waals surface area contributed by atoms with Gasteiger partial charge in [-0.15, -0.1) is 11.8 Å². The van der Waals surface area contributed by atoms with E-state index >= 15 is 0 Å². The summed E-state index contributed by atoms with van der Waals surface area (Å²) in [7, 11) is 0. The lowest BCUT2D eigenvalue weighted by Gasteiger charge is -2.14. The van der Waals surface area contributed by atoms with Gasteiger partial charge in [-0.1, -0.05) is 31.2 Å². The predicted molar refractivity (Wildman–Crippen MR) is 80.0 cm³/mol. The second-order valence-electron chi connectivity index (χ2n) is 4.49. The highest BCUT2D eigenvalue weighted by molar-refractivity contribution is 7.99. The number of rotatable bonds is 4. The van der Waals surface area contributed by atoms with Crippen LogP contribution in [0, 0.1) is 12.7 Å². The van der Waals surface area contributed by atoms with Gasteiger partial charge in [-0.3, -0.25) is 0 Å². The fourth-order valence-corrected chi connectivity index (χ4v) is 2.65. The molecule has 19 heavy (non-hydrogen) atoms. The topological polar surface area (TPSA) is 26.0 Å². The van der Waals surface area contributed by atoms with Gasteiger partial charge in [0.2, 0.25) is 0 Å². The molecule has 3 heteroatoms. The van der Waals surface area contributed by atoms with Gasteiger partial charge < -0.3 is 5.73 Å². The zero-order valence-corrected chi connectivity index (χ0v) is 12.0. The predicted octanol–water partition coefficient (Wildman–Crippen LogP) is 4.29. The van der Waals surface area contributed by atoms with E-state index in [1.165, 1.54) is 11.0 Å². The van der Waals surface area contributed by atoms with Crippen molar-refractivity contribution in [3.63, 3.8) is 0 Å². The van der Waals surface area contributed by atoms with E-state index in [0.717, 1.165) is 16.9 Å². The van der Waals surface area contributed by atoms with E-state index in [0.29, 0.717) is 5.56 Å². The number of hydrogen-bond donors (Lipinski definition) is 1. The summed E-state index contributed by atoms with van der Waals surface area (Å²) in [6, 6.07) is 13.1. The summed E-state index contributed by atoms with van der Waals surface area (Å²) in [5.41, 5.74) is 8.85. The Morgan fingerprint density at radius 3 is 2.32 bits per heavy atom. The Hall–Kier alpha value is -1.32. The molecule has 0 saturated carbocycles. The van der Waals surface area contributed by atoms with Crippen LogP contribution in [0.15, 0.2) is 47.4 Å². The number of benzene rings is 2. The normalized spacial score (nSPS) is 12.4. The monoisotopic (exact) mass is 275 g/mol. The maximum absolute atomic E-state index is 13.3. The van der Waals surface area contributed by atoms with Crippen molar-refractivity contribution in [3.8, 4) is 0 Å². The lowest BCUT2D eigenvalue weighted by Crippen LogP contribution is -2.12. The molecule has 2 rings (SSSR count). The van der Waals surface area contributed by atoms with E-state index in [1.807, 2.05) is 18.2 Å². The molecule has 0 saturated heterocycles. The Kier molecular flexibility index (Phi) is 4.61. The van der Waals surface area contributed by atoms with Gasteiger partial charge in [0.1, 0.15) is 5.82 Å². The Morgan fingerprint density at radius 1 is 1.11 bits per heavy atom. The molecule has 1 atom stereocenters. The van der Waals surface area contributed by atoms with Crippen molar-refractivity contribution in [3.05, 3.63) is 65.0 Å². The van der Waals surface area contributed by atoms with E-state index in [4.69, 9.17) is 5.73 Å². The molecule has 0 fully saturated rings. The van der Waals surface area contributed by atoms with Gasteiger partial charge >= 0.3 is 0 Å². The molecule has 0 radical (unpaired) electrons. The zero-order valence-electron chi connectivity index (χ0n) is 11.2. The molecule has 0 heterocycles. The largest absolute Gasteiger partial charge is 0.320 e. The van der Waals surface area contributed by atoms with E-state index in [1.54, 1.807) is 24.8 Å². The van der Waals surface area contributed by atoms with Gasteiger partial charge in [-0.05, 0) is 47.6 Å². The van der Waals surface area contributed by atoms with Gasteiger partial charge in [0.25, 0.3) is 0 Å². The van der Waals surface area contributed by atoms with Crippen molar-refractivity contribution in [2.75, 3.05) is 5.75 Å². The van der Waals surface area contributed by atoms with Gasteiger partial charge in [0, 0.05) is 4.90 Å². The maximum Gasteiger partial charge on any atom is 0.126 e. The van der Waals surface area contributed by atoms with Gasteiger partial charge in [0.05, 0.1) is 6.04 Å². The number of thioether (sulfide) groups is 1. The molecule has 0 spiro atoms. The van der Waals surface area contributed by atoms with Crippen molar-refractivity contribution in [2.45, 2.75) is 24.8 Å². The molecule has 0 bridgehead atoms. The summed E-state index contributed by atoms with van der Waals surface area (Å²) >= 11 is 1.81. The van der Waals surface area contributed by atoms with Crippen LogP contribution in [-0.2, 0) is 0 Å². The van der Waals surface area contributed by atoms with Crippen LogP contribution in [0.3, 0.4) is 0 Å². The summed E-state index contributed by atoms with van der Waals surface area (Å²) in [4.78, 5) is 1.24. The van der Waals surface area contributed by atoms with Crippen LogP contribution in [0.1, 0.15) is 29.7 Å². The lowest BCUT2D eigenvalue weighted by atomic mass is 9.98. The fourth-order valence-electron chi connectivity index (χ4n) is 1.99. The minimum absolute atomic E-state index is 0.189. The molecule has 1 nitrogen and oxygen atoms in total. The number of hydrogen-bond acceptors (Lipinski definition) is 2. The van der Waals surface area contributed by atoms with Crippen LogP contribution in [0.2, 0.25) is 0 Å². The lowest BCUT2D eigenvalue weighted by molar-refractivity contribution is 0.617. The number of nitrogens with two attached hydrogens (primary N) is 1. The molecule has 0 amide bonds. The standard InChI is InChI=1S/C16H18FNS/c1-3-19-14-7-4-12(5-8-14)16(18)13-6-9-15(17)11(2)10-13/h4-10,16H,3,18H2,1-2H3. The summed E-state index contributed by atoms with van der Waals surface area (Å²) in [5, 5.41) is 0. The average Bonchev–Trinajstić information content (AvgIpc) is 2.42. The summed E-state index contributed by atoms with van der Waals surface area (Å²) in [6.45, 7) is 3.89. The highest BCUT2D eigenvalue weighted by Gasteiger charge is 2.10. The van der Waals surface area contributed by atoms with Crippen LogP contribution in [0.5, 0.6) is 0 Å². The van der Waals surface area contributed by atoms with Gasteiger partial charge in [-0.25, -0.2) is 4.39 Å². The SMILES string of the molecule is CCSc1ccc(C(N)c2ccc(F)c(C)c2)cc1. The van der Waals surface area contributed by atoms with Crippen molar-refractivity contribution >= 4 is 11.8 Å². The molecule has 0 aliphatic heterocycles. The van der Waals surface area contributed by atoms with Crippen LogP contribution in [0.4, 0.5) is 4.39 Å². The van der Waals surface area contributed by atoms with Crippen LogP contribution in [0.25, 0.3) is 0 Å². The molecule has 0 aliphatic rings. The van der Waals surface area contributed by atoms with Crippen LogP contribution >= 0.6 is 11.8 Å². The Bertz CT molecular complexity index is 551. The highest BCUT2D eigenvalue weighted by atomic mass is 32.2. The van der Waals surface area contributed by atoms with Crippen molar-refractivity contribution in [2.24, 2.45) is 5.73 Å². The molecule has 2 N–H and O–H groups in total. The second-order valence-corrected chi connectivity index (χ2v) is 5.83. The first-order valence-electron chi connectivity index (χ1n) is 6.36. The molecule has 0 aromatic heterocycles. The molecular weight excluding hydrogens is 257 g/mol. The fraction of sp³-hybridized carbons (Fsp3) is 0.250. The number of aryl methyl sites for hydroxylation is 1. The van der Waals surface area contributed by atoms with Crippen molar-refractivity contribution in [1.29, 1.82) is 0 Å². The van der Waals surface area contributed by atoms with Crippen molar-refractivity contribution < 1.29 is 4.39 Å². The Morgan fingerprint density at radius 2 is 1.74 bits per heavy atom. The Balaban J connectivity index is 2.22. The van der Waals surface area contributed by atoms with E-state index in [9.17, 15) is 4.39 Å². The molecule has 1 unspecified atom stereocenters. The minimum Gasteiger partial charge on any atom is -0.320 e. The molecule has 100 valence electrons. The van der Waals surface area contributed by atoms with Crippen LogP contribution in [-0.4, -0.2) is 5.75 Å². The maximum atomic E-state index is 13.3. The highest BCUT2D eigenvalue weighted by Crippen LogP contribution is 2.24. The Labute approximate surface area is 118 Å². The van der Waals surface area contributed by atoms with E-state index < -0.39 is 0 Å². The smallest absolute Gasteiger partial charge is 0.126 e. The minimum atomic E-state index is -0.208. The van der Waals surface area contributed by atoms with Gasteiger partial charge in [0.15, 0.2) is 0 Å². The first-order chi connectivity index (χ1) is 9.11. The van der Waals surface area contributed by atoms with Gasteiger partial charge in [-0.2, -0.15) is 0 Å². The zero-order chi connectivity index (χ0) is 13.8. The van der Waals surface area contributed by atoms with E-state index in [2.05, 4.69) is 19.1 Å². The molecule has 0 aliphatic carbocycles. The molecule has 2 aromatic rings. The first-order valence-corrected chi connectivity index (χ1v) is 7.34. The third-order valence-electron chi connectivity index (χ3n) is 3.09. The number of halogens is 1. The quantitative estimate of drug-likeness (QED) is 0.842. The summed E-state index contributed by atoms with van der Waals surface area (Å²) < 4.78 is 13.3. The van der Waals surface area contributed by atoms with Crippen molar-refractivity contribution in [1.82, 2.24) is 0 Å². The van der Waals surface area contributed by atoms with E-state index in [-0.39, 0.29) is 11.9 Å². The third kappa shape index (κ3) is 3.37. The van der Waals surface area contributed by atoms with Crippen LogP contribution < -0.4 is 5.73 Å². The average molecular weight is 275 g/mol.